The van der Waals surface area contributed by atoms with Crippen LogP contribution in [0.2, 0.25) is 0 Å². The molecule has 17 heavy (non-hydrogen) atoms. The Hall–Kier alpha value is -0.570. The summed E-state index contributed by atoms with van der Waals surface area (Å²) >= 11 is 0. The van der Waals surface area contributed by atoms with Gasteiger partial charge >= 0.3 is 0 Å². The van der Waals surface area contributed by atoms with Crippen LogP contribution in [0.4, 0.5) is 0 Å². The first-order chi connectivity index (χ1) is 8.06. The van der Waals surface area contributed by atoms with Gasteiger partial charge in [0.15, 0.2) is 0 Å². The highest BCUT2D eigenvalue weighted by Gasteiger charge is 2.33. The van der Waals surface area contributed by atoms with E-state index in [4.69, 9.17) is 0 Å². The molecular formula is C14H28N2O. The van der Waals surface area contributed by atoms with E-state index in [1.807, 2.05) is 0 Å². The smallest absolute Gasteiger partial charge is 0.240 e. The molecule has 1 amide bonds. The minimum absolute atomic E-state index is 0.0589. The lowest BCUT2D eigenvalue weighted by Crippen LogP contribution is -2.43. The zero-order valence-electron chi connectivity index (χ0n) is 11.8. The molecule has 0 aromatic carbocycles. The van der Waals surface area contributed by atoms with Gasteiger partial charge in [-0.1, -0.05) is 40.0 Å². The average molecular weight is 240 g/mol. The van der Waals surface area contributed by atoms with Crippen LogP contribution in [-0.4, -0.2) is 35.5 Å². The first-order valence-electron chi connectivity index (χ1n) is 7.12. The minimum Gasteiger partial charge on any atom is -0.339 e. The molecule has 1 saturated heterocycles. The molecule has 3 heteroatoms. The Morgan fingerprint density at radius 3 is 2.65 bits per heavy atom. The Morgan fingerprint density at radius 2 is 2.06 bits per heavy atom. The van der Waals surface area contributed by atoms with Gasteiger partial charge in [0.2, 0.25) is 5.91 Å². The van der Waals surface area contributed by atoms with Crippen LogP contribution >= 0.6 is 0 Å². The largest absolute Gasteiger partial charge is 0.339 e. The molecule has 0 saturated carbocycles. The molecule has 1 rings (SSSR count). The number of carbonyl (C=O) groups is 1. The van der Waals surface area contributed by atoms with Gasteiger partial charge in [-0.3, -0.25) is 4.79 Å². The van der Waals surface area contributed by atoms with Crippen molar-refractivity contribution < 1.29 is 4.79 Å². The maximum atomic E-state index is 12.2. The van der Waals surface area contributed by atoms with Gasteiger partial charge in [0.05, 0.1) is 6.04 Å². The van der Waals surface area contributed by atoms with Crippen molar-refractivity contribution in [2.24, 2.45) is 0 Å². The number of likely N-dealkylation sites (tertiary alicyclic amines) is 1. The van der Waals surface area contributed by atoms with Crippen LogP contribution < -0.4 is 5.32 Å². The van der Waals surface area contributed by atoms with Gasteiger partial charge in [-0.2, -0.15) is 0 Å². The van der Waals surface area contributed by atoms with Crippen molar-refractivity contribution >= 4 is 5.91 Å². The van der Waals surface area contributed by atoms with Crippen molar-refractivity contribution in [3.63, 3.8) is 0 Å². The molecule has 3 nitrogen and oxygen atoms in total. The van der Waals surface area contributed by atoms with Gasteiger partial charge in [-0.05, 0) is 19.8 Å². The normalized spacial score (nSPS) is 22.5. The molecule has 1 fully saturated rings. The van der Waals surface area contributed by atoms with Crippen LogP contribution in [0.3, 0.4) is 0 Å². The number of rotatable bonds is 7. The van der Waals surface area contributed by atoms with Crippen LogP contribution in [0.25, 0.3) is 0 Å². The van der Waals surface area contributed by atoms with Crippen LogP contribution in [0.5, 0.6) is 0 Å². The Labute approximate surface area is 106 Å². The van der Waals surface area contributed by atoms with Gasteiger partial charge in [-0.25, -0.2) is 0 Å². The molecule has 1 heterocycles. The van der Waals surface area contributed by atoms with Gasteiger partial charge in [-0.15, -0.1) is 0 Å². The molecule has 1 aliphatic heterocycles. The summed E-state index contributed by atoms with van der Waals surface area (Å²) in [5, 5.41) is 3.35. The molecule has 0 bridgehead atoms. The lowest BCUT2D eigenvalue weighted by atomic mass is 10.1. The molecule has 0 aromatic heterocycles. The molecule has 100 valence electrons. The average Bonchev–Trinajstić information content (AvgIpc) is 2.60. The second kappa shape index (κ2) is 7.00. The van der Waals surface area contributed by atoms with Crippen molar-refractivity contribution in [1.29, 1.82) is 0 Å². The van der Waals surface area contributed by atoms with Crippen LogP contribution in [0.1, 0.15) is 59.8 Å². The summed E-state index contributed by atoms with van der Waals surface area (Å²) in [4.78, 5) is 14.2. The van der Waals surface area contributed by atoms with Crippen molar-refractivity contribution in [3.05, 3.63) is 0 Å². The summed E-state index contributed by atoms with van der Waals surface area (Å²) in [5.74, 6) is 0.308. The predicted molar refractivity (Wildman–Crippen MR) is 72.0 cm³/mol. The van der Waals surface area contributed by atoms with Crippen LogP contribution in [0, 0.1) is 0 Å². The van der Waals surface area contributed by atoms with Crippen molar-refractivity contribution in [3.8, 4) is 0 Å². The summed E-state index contributed by atoms with van der Waals surface area (Å²) in [7, 11) is 0. The Bertz CT molecular complexity index is 240. The third-order valence-electron chi connectivity index (χ3n) is 3.53. The summed E-state index contributed by atoms with van der Waals surface area (Å²) < 4.78 is 0. The third kappa shape index (κ3) is 4.30. The second-order valence-corrected chi connectivity index (χ2v) is 5.54. The van der Waals surface area contributed by atoms with Crippen molar-refractivity contribution in [1.82, 2.24) is 10.2 Å². The molecule has 2 atom stereocenters. The van der Waals surface area contributed by atoms with E-state index in [0.717, 1.165) is 19.4 Å². The number of amides is 1. The molecule has 0 aliphatic carbocycles. The topological polar surface area (TPSA) is 32.3 Å². The Morgan fingerprint density at radius 1 is 1.35 bits per heavy atom. The van der Waals surface area contributed by atoms with Gasteiger partial charge in [0.1, 0.15) is 0 Å². The van der Waals surface area contributed by atoms with Gasteiger partial charge in [0, 0.05) is 18.6 Å². The minimum atomic E-state index is 0.0589. The highest BCUT2D eigenvalue weighted by Crippen LogP contribution is 2.18. The SMILES string of the molecule is CCCCCC(C)N1CCC(NC(C)C)C1=O. The fourth-order valence-electron chi connectivity index (χ4n) is 2.54. The highest BCUT2D eigenvalue weighted by molar-refractivity contribution is 5.84. The van der Waals surface area contributed by atoms with E-state index >= 15 is 0 Å². The van der Waals surface area contributed by atoms with E-state index in [2.05, 4.69) is 37.9 Å². The summed E-state index contributed by atoms with van der Waals surface area (Å²) in [5.41, 5.74) is 0. The highest BCUT2D eigenvalue weighted by atomic mass is 16.2. The zero-order chi connectivity index (χ0) is 12.8. The van der Waals surface area contributed by atoms with E-state index in [0.29, 0.717) is 18.0 Å². The van der Waals surface area contributed by atoms with E-state index in [9.17, 15) is 4.79 Å². The van der Waals surface area contributed by atoms with E-state index in [-0.39, 0.29) is 6.04 Å². The van der Waals surface area contributed by atoms with E-state index in [1.165, 1.54) is 19.3 Å². The monoisotopic (exact) mass is 240 g/mol. The van der Waals surface area contributed by atoms with Crippen molar-refractivity contribution in [2.75, 3.05) is 6.54 Å². The lowest BCUT2D eigenvalue weighted by molar-refractivity contribution is -0.131. The lowest BCUT2D eigenvalue weighted by Gasteiger charge is -2.25. The molecule has 1 N–H and O–H groups in total. The van der Waals surface area contributed by atoms with Gasteiger partial charge in [0.25, 0.3) is 0 Å². The number of nitrogens with zero attached hydrogens (tertiary/aromatic N) is 1. The standard InChI is InChI=1S/C14H28N2O/c1-5-6-7-8-12(4)16-10-9-13(14(16)17)15-11(2)3/h11-13,15H,5-10H2,1-4H3. The van der Waals surface area contributed by atoms with Gasteiger partial charge < -0.3 is 10.2 Å². The van der Waals surface area contributed by atoms with E-state index < -0.39 is 0 Å². The molecule has 0 spiro atoms. The Kier molecular flexibility index (Phi) is 5.96. The number of carbonyl (C=O) groups excluding carboxylic acids is 1. The number of hydrogen-bond donors (Lipinski definition) is 1. The molecule has 0 aromatic rings. The number of hydrogen-bond acceptors (Lipinski definition) is 2. The van der Waals surface area contributed by atoms with E-state index in [1.54, 1.807) is 0 Å². The predicted octanol–water partition coefficient (Wildman–Crippen LogP) is 2.55. The first-order valence-corrected chi connectivity index (χ1v) is 7.12. The maximum Gasteiger partial charge on any atom is 0.240 e. The van der Waals surface area contributed by atoms with Crippen LogP contribution in [-0.2, 0) is 4.79 Å². The first kappa shape index (κ1) is 14.5. The zero-order valence-corrected chi connectivity index (χ0v) is 11.8. The van der Waals surface area contributed by atoms with Crippen LogP contribution in [0.15, 0.2) is 0 Å². The fourth-order valence-corrected chi connectivity index (χ4v) is 2.54. The maximum absolute atomic E-state index is 12.2. The summed E-state index contributed by atoms with van der Waals surface area (Å²) in [6.45, 7) is 9.53. The van der Waals surface area contributed by atoms with Crippen molar-refractivity contribution in [2.45, 2.75) is 77.9 Å². The molecule has 0 radical (unpaired) electrons. The number of nitrogens with one attached hydrogen (secondary N) is 1. The number of unbranched alkanes of at least 4 members (excludes halogenated alkanes) is 2. The fraction of sp³-hybridized carbons (Fsp3) is 0.929. The Balaban J connectivity index is 2.37. The molecule has 2 unspecified atom stereocenters. The third-order valence-corrected chi connectivity index (χ3v) is 3.53. The summed E-state index contributed by atoms with van der Waals surface area (Å²) in [6.07, 6.45) is 5.88. The second-order valence-electron chi connectivity index (χ2n) is 5.54. The quantitative estimate of drug-likeness (QED) is 0.694. The summed E-state index contributed by atoms with van der Waals surface area (Å²) in [6, 6.07) is 0.857. The molecular weight excluding hydrogens is 212 g/mol. The molecule has 1 aliphatic rings.